The molecule has 0 saturated heterocycles. The largest absolute Gasteiger partial charge is 0.356 e. The summed E-state index contributed by atoms with van der Waals surface area (Å²) in [6, 6.07) is 0. The molecule has 0 aromatic heterocycles. The SMILES string of the molecule is CCCCC/C=C\C/C=C\CCCCCCCC(=O)NCCCCCCCC/C=C\CCCCCCCC. The van der Waals surface area contributed by atoms with E-state index in [1.807, 2.05) is 0 Å². The molecule has 38 heavy (non-hydrogen) atoms. The maximum absolute atomic E-state index is 12.0. The van der Waals surface area contributed by atoms with E-state index in [0.29, 0.717) is 6.42 Å². The molecule has 0 saturated carbocycles. The molecule has 0 atom stereocenters. The quantitative estimate of drug-likeness (QED) is 0.0727. The molecule has 0 aliphatic rings. The predicted octanol–water partition coefficient (Wildman–Crippen LogP) is 12.0. The van der Waals surface area contributed by atoms with Gasteiger partial charge in [0.2, 0.25) is 5.91 Å². The van der Waals surface area contributed by atoms with Gasteiger partial charge in [0, 0.05) is 13.0 Å². The van der Waals surface area contributed by atoms with E-state index in [9.17, 15) is 4.79 Å². The van der Waals surface area contributed by atoms with E-state index in [4.69, 9.17) is 0 Å². The van der Waals surface area contributed by atoms with Gasteiger partial charge in [-0.25, -0.2) is 0 Å². The lowest BCUT2D eigenvalue weighted by Crippen LogP contribution is -2.23. The normalized spacial score (nSPS) is 11.9. The molecule has 0 fully saturated rings. The maximum atomic E-state index is 12.0. The van der Waals surface area contributed by atoms with Gasteiger partial charge >= 0.3 is 0 Å². The fourth-order valence-electron chi connectivity index (χ4n) is 4.79. The van der Waals surface area contributed by atoms with E-state index in [0.717, 1.165) is 25.8 Å². The van der Waals surface area contributed by atoms with Gasteiger partial charge in [-0.05, 0) is 70.6 Å². The summed E-state index contributed by atoms with van der Waals surface area (Å²) >= 11 is 0. The molecule has 0 aromatic carbocycles. The van der Waals surface area contributed by atoms with Crippen molar-refractivity contribution in [3.8, 4) is 0 Å². The maximum Gasteiger partial charge on any atom is 0.219 e. The summed E-state index contributed by atoms with van der Waals surface area (Å²) in [6.45, 7) is 5.40. The van der Waals surface area contributed by atoms with Crippen LogP contribution < -0.4 is 5.32 Å². The van der Waals surface area contributed by atoms with Crippen molar-refractivity contribution in [3.05, 3.63) is 36.5 Å². The lowest BCUT2D eigenvalue weighted by Gasteiger charge is -2.05. The van der Waals surface area contributed by atoms with Gasteiger partial charge in [-0.2, -0.15) is 0 Å². The van der Waals surface area contributed by atoms with Crippen molar-refractivity contribution in [1.82, 2.24) is 5.32 Å². The lowest BCUT2D eigenvalue weighted by molar-refractivity contribution is -0.121. The van der Waals surface area contributed by atoms with Crippen LogP contribution in [0.1, 0.15) is 181 Å². The monoisotopic (exact) mass is 530 g/mol. The average Bonchev–Trinajstić information content (AvgIpc) is 2.92. The number of carbonyl (C=O) groups is 1. The van der Waals surface area contributed by atoms with Gasteiger partial charge in [0.05, 0.1) is 0 Å². The number of hydrogen-bond acceptors (Lipinski definition) is 1. The molecule has 0 heterocycles. The molecular formula is C36H67NO. The fraction of sp³-hybridized carbons (Fsp3) is 0.806. The van der Waals surface area contributed by atoms with E-state index in [1.165, 1.54) is 141 Å². The first-order chi connectivity index (χ1) is 18.8. The zero-order valence-electron chi connectivity index (χ0n) is 26.0. The second-order valence-corrected chi connectivity index (χ2v) is 11.3. The summed E-state index contributed by atoms with van der Waals surface area (Å²) in [6.07, 6.45) is 46.9. The van der Waals surface area contributed by atoms with Crippen LogP contribution in [0.2, 0.25) is 0 Å². The topological polar surface area (TPSA) is 29.1 Å². The van der Waals surface area contributed by atoms with Crippen molar-refractivity contribution in [2.45, 2.75) is 181 Å². The van der Waals surface area contributed by atoms with Crippen LogP contribution >= 0.6 is 0 Å². The van der Waals surface area contributed by atoms with Crippen molar-refractivity contribution in [2.75, 3.05) is 6.54 Å². The first-order valence-electron chi connectivity index (χ1n) is 17.0. The summed E-state index contributed by atoms with van der Waals surface area (Å²) in [7, 11) is 0. The van der Waals surface area contributed by atoms with Crippen LogP contribution in [-0.4, -0.2) is 12.5 Å². The molecule has 0 unspecified atom stereocenters. The van der Waals surface area contributed by atoms with Gasteiger partial charge < -0.3 is 5.32 Å². The summed E-state index contributed by atoms with van der Waals surface area (Å²) in [5.74, 6) is 0.253. The fourth-order valence-corrected chi connectivity index (χ4v) is 4.79. The Morgan fingerprint density at radius 3 is 1.34 bits per heavy atom. The van der Waals surface area contributed by atoms with Gasteiger partial charge in [-0.3, -0.25) is 4.79 Å². The highest BCUT2D eigenvalue weighted by Gasteiger charge is 2.00. The molecule has 1 amide bonds. The van der Waals surface area contributed by atoms with Crippen molar-refractivity contribution in [2.24, 2.45) is 0 Å². The van der Waals surface area contributed by atoms with Crippen molar-refractivity contribution < 1.29 is 4.79 Å². The van der Waals surface area contributed by atoms with Crippen molar-refractivity contribution in [1.29, 1.82) is 0 Å². The molecule has 2 nitrogen and oxygen atoms in total. The number of allylic oxidation sites excluding steroid dienone is 6. The summed E-state index contributed by atoms with van der Waals surface area (Å²) in [4.78, 5) is 12.0. The number of unbranched alkanes of at least 4 members (excludes halogenated alkanes) is 20. The zero-order valence-corrected chi connectivity index (χ0v) is 26.0. The highest BCUT2D eigenvalue weighted by Crippen LogP contribution is 2.11. The minimum atomic E-state index is 0.253. The van der Waals surface area contributed by atoms with E-state index >= 15 is 0 Å². The number of amides is 1. The van der Waals surface area contributed by atoms with Crippen LogP contribution in [0, 0.1) is 0 Å². The number of nitrogens with one attached hydrogen (secondary N) is 1. The minimum Gasteiger partial charge on any atom is -0.356 e. The van der Waals surface area contributed by atoms with Crippen molar-refractivity contribution >= 4 is 5.91 Å². The second-order valence-electron chi connectivity index (χ2n) is 11.3. The third kappa shape index (κ3) is 32.7. The van der Waals surface area contributed by atoms with Crippen LogP contribution in [0.25, 0.3) is 0 Å². The Labute approximate surface area is 239 Å². The Kier molecular flexibility index (Phi) is 32.6. The molecule has 222 valence electrons. The van der Waals surface area contributed by atoms with E-state index in [2.05, 4.69) is 55.6 Å². The van der Waals surface area contributed by atoms with Gasteiger partial charge in [0.1, 0.15) is 0 Å². The minimum absolute atomic E-state index is 0.253. The molecule has 0 aliphatic heterocycles. The van der Waals surface area contributed by atoms with Crippen LogP contribution in [0.5, 0.6) is 0 Å². The second kappa shape index (κ2) is 33.7. The number of hydrogen-bond donors (Lipinski definition) is 1. The first-order valence-corrected chi connectivity index (χ1v) is 17.0. The van der Waals surface area contributed by atoms with Crippen LogP contribution in [0.4, 0.5) is 0 Å². The molecule has 0 aliphatic carbocycles. The number of rotatable bonds is 30. The van der Waals surface area contributed by atoms with E-state index in [-0.39, 0.29) is 5.91 Å². The van der Waals surface area contributed by atoms with Gasteiger partial charge in [0.15, 0.2) is 0 Å². The Balaban J connectivity index is 3.26. The van der Waals surface area contributed by atoms with Gasteiger partial charge in [-0.1, -0.05) is 140 Å². The molecule has 2 heteroatoms. The standard InChI is InChI=1S/C36H67NO/c1-3-5-7-9-11-13-15-17-19-21-23-25-27-29-31-33-35-37-36(38)34-32-30-28-26-24-22-20-18-16-14-12-10-8-6-4-2/h12,14,17-20H,3-11,13,15-16,21-35H2,1-2H3,(H,37,38)/b14-12-,19-17-,20-18-. The Hall–Kier alpha value is -1.31. The molecule has 0 aromatic rings. The molecule has 0 spiro atoms. The Bertz CT molecular complexity index is 548. The molecular weight excluding hydrogens is 462 g/mol. The lowest BCUT2D eigenvalue weighted by atomic mass is 10.1. The predicted molar refractivity (Wildman–Crippen MR) is 172 cm³/mol. The van der Waals surface area contributed by atoms with Crippen LogP contribution in [0.3, 0.4) is 0 Å². The van der Waals surface area contributed by atoms with E-state index in [1.54, 1.807) is 0 Å². The van der Waals surface area contributed by atoms with Crippen LogP contribution in [-0.2, 0) is 4.79 Å². The molecule has 0 rings (SSSR count). The smallest absolute Gasteiger partial charge is 0.219 e. The van der Waals surface area contributed by atoms with Gasteiger partial charge in [-0.15, -0.1) is 0 Å². The Morgan fingerprint density at radius 2 is 0.816 bits per heavy atom. The highest BCUT2D eigenvalue weighted by atomic mass is 16.1. The number of carbonyl (C=O) groups excluding carboxylic acids is 1. The third-order valence-electron chi connectivity index (χ3n) is 7.37. The molecule has 1 N–H and O–H groups in total. The van der Waals surface area contributed by atoms with Crippen molar-refractivity contribution in [3.63, 3.8) is 0 Å². The van der Waals surface area contributed by atoms with E-state index < -0.39 is 0 Å². The molecule has 0 radical (unpaired) electrons. The van der Waals surface area contributed by atoms with Crippen LogP contribution in [0.15, 0.2) is 36.5 Å². The highest BCUT2D eigenvalue weighted by molar-refractivity contribution is 5.75. The molecule has 0 bridgehead atoms. The summed E-state index contributed by atoms with van der Waals surface area (Å²) in [5, 5.41) is 3.12. The zero-order chi connectivity index (χ0) is 27.6. The first kappa shape index (κ1) is 36.7. The van der Waals surface area contributed by atoms with Gasteiger partial charge in [0.25, 0.3) is 0 Å². The third-order valence-corrected chi connectivity index (χ3v) is 7.37. The Morgan fingerprint density at radius 1 is 0.447 bits per heavy atom. The average molecular weight is 530 g/mol. The summed E-state index contributed by atoms with van der Waals surface area (Å²) < 4.78 is 0. The summed E-state index contributed by atoms with van der Waals surface area (Å²) in [5.41, 5.74) is 0.